The van der Waals surface area contributed by atoms with Gasteiger partial charge in [-0.25, -0.2) is 0 Å². The summed E-state index contributed by atoms with van der Waals surface area (Å²) in [5, 5.41) is 13.9. The number of methoxy groups -OCH3 is 1. The Morgan fingerprint density at radius 2 is 1.96 bits per heavy atom. The zero-order valence-corrected chi connectivity index (χ0v) is 14.2. The van der Waals surface area contributed by atoms with E-state index in [2.05, 4.69) is 22.3 Å². The summed E-state index contributed by atoms with van der Waals surface area (Å²) in [7, 11) is 1.71. The van der Waals surface area contributed by atoms with Crippen molar-refractivity contribution in [3.05, 3.63) is 29.8 Å². The monoisotopic (exact) mass is 318 g/mol. The second kappa shape index (κ2) is 8.13. The van der Waals surface area contributed by atoms with Crippen molar-refractivity contribution in [3.63, 3.8) is 0 Å². The quantitative estimate of drug-likeness (QED) is 0.876. The van der Waals surface area contributed by atoms with Gasteiger partial charge in [-0.15, -0.1) is 0 Å². The van der Waals surface area contributed by atoms with Crippen LogP contribution < -0.4 is 10.1 Å². The maximum absolute atomic E-state index is 10.2. The summed E-state index contributed by atoms with van der Waals surface area (Å²) in [6.07, 6.45) is 6.86. The van der Waals surface area contributed by atoms with Crippen molar-refractivity contribution in [1.82, 2.24) is 10.2 Å². The third-order valence-electron chi connectivity index (χ3n) is 5.42. The highest BCUT2D eigenvalue weighted by molar-refractivity contribution is 5.28. The minimum atomic E-state index is -0.106. The fourth-order valence-corrected chi connectivity index (χ4v) is 4.00. The highest BCUT2D eigenvalue weighted by Gasteiger charge is 2.31. The molecule has 1 saturated carbocycles. The summed E-state index contributed by atoms with van der Waals surface area (Å²) < 4.78 is 5.28. The average molecular weight is 318 g/mol. The van der Waals surface area contributed by atoms with Crippen molar-refractivity contribution in [2.45, 2.75) is 63.3 Å². The molecule has 0 bridgehead atoms. The number of hydrogen-bond donors (Lipinski definition) is 2. The second-order valence-electron chi connectivity index (χ2n) is 6.96. The predicted molar refractivity (Wildman–Crippen MR) is 92.7 cm³/mol. The highest BCUT2D eigenvalue weighted by Crippen LogP contribution is 2.26. The lowest BCUT2D eigenvalue weighted by Gasteiger charge is -2.41. The number of rotatable bonds is 5. The first-order valence-corrected chi connectivity index (χ1v) is 9.04. The van der Waals surface area contributed by atoms with Gasteiger partial charge in [-0.3, -0.25) is 4.90 Å². The number of likely N-dealkylation sites (tertiary alicyclic amines) is 1. The van der Waals surface area contributed by atoms with Crippen LogP contribution in [0.1, 0.15) is 44.1 Å². The van der Waals surface area contributed by atoms with E-state index in [4.69, 9.17) is 4.74 Å². The van der Waals surface area contributed by atoms with E-state index >= 15 is 0 Å². The van der Waals surface area contributed by atoms with Crippen molar-refractivity contribution in [2.75, 3.05) is 20.2 Å². The second-order valence-corrected chi connectivity index (χ2v) is 6.96. The molecule has 4 nitrogen and oxygen atoms in total. The van der Waals surface area contributed by atoms with Gasteiger partial charge in [0.05, 0.1) is 13.2 Å². The first-order chi connectivity index (χ1) is 11.3. The molecular formula is C19H30N2O2. The molecule has 1 aliphatic carbocycles. The van der Waals surface area contributed by atoms with E-state index < -0.39 is 0 Å². The van der Waals surface area contributed by atoms with E-state index in [0.29, 0.717) is 12.1 Å². The van der Waals surface area contributed by atoms with Crippen LogP contribution in [-0.2, 0) is 6.54 Å². The van der Waals surface area contributed by atoms with Gasteiger partial charge in [0.25, 0.3) is 0 Å². The lowest BCUT2D eigenvalue weighted by molar-refractivity contribution is 0.00714. The Hall–Kier alpha value is -1.10. The summed E-state index contributed by atoms with van der Waals surface area (Å²) in [5.74, 6) is 0.922. The Bertz CT molecular complexity index is 486. The number of aliphatic hydroxyl groups is 1. The molecule has 0 spiro atoms. The van der Waals surface area contributed by atoms with E-state index in [-0.39, 0.29) is 6.10 Å². The molecule has 1 saturated heterocycles. The number of benzene rings is 1. The molecule has 2 N–H and O–H groups in total. The van der Waals surface area contributed by atoms with E-state index in [1.54, 1.807) is 7.11 Å². The summed E-state index contributed by atoms with van der Waals surface area (Å²) in [6, 6.07) is 9.26. The number of ether oxygens (including phenoxy) is 1. The molecule has 2 unspecified atom stereocenters. The first kappa shape index (κ1) is 16.7. The van der Waals surface area contributed by atoms with Gasteiger partial charge in [0.1, 0.15) is 5.75 Å². The molecule has 2 atom stereocenters. The molecule has 1 heterocycles. The van der Waals surface area contributed by atoms with Gasteiger partial charge in [-0.05, 0) is 43.4 Å². The van der Waals surface area contributed by atoms with Crippen LogP contribution in [0, 0.1) is 0 Å². The van der Waals surface area contributed by atoms with Crippen LogP contribution >= 0.6 is 0 Å². The van der Waals surface area contributed by atoms with Gasteiger partial charge in [0.15, 0.2) is 0 Å². The van der Waals surface area contributed by atoms with Gasteiger partial charge in [-0.1, -0.05) is 25.0 Å². The topological polar surface area (TPSA) is 44.7 Å². The van der Waals surface area contributed by atoms with Crippen LogP contribution in [0.15, 0.2) is 24.3 Å². The molecule has 3 rings (SSSR count). The molecule has 23 heavy (non-hydrogen) atoms. The van der Waals surface area contributed by atoms with E-state index in [9.17, 15) is 5.11 Å². The minimum absolute atomic E-state index is 0.106. The number of nitrogens with one attached hydrogen (secondary N) is 1. The van der Waals surface area contributed by atoms with Crippen molar-refractivity contribution in [1.29, 1.82) is 0 Å². The van der Waals surface area contributed by atoms with Crippen LogP contribution in [0.5, 0.6) is 5.75 Å². The fraction of sp³-hybridized carbons (Fsp3) is 0.684. The molecule has 1 aliphatic heterocycles. The predicted octanol–water partition coefficient (Wildman–Crippen LogP) is 2.55. The zero-order chi connectivity index (χ0) is 16.1. The smallest absolute Gasteiger partial charge is 0.119 e. The molecule has 2 fully saturated rings. The lowest BCUT2D eigenvalue weighted by Crippen LogP contribution is -2.51. The number of hydrogen-bond acceptors (Lipinski definition) is 4. The van der Waals surface area contributed by atoms with Crippen LogP contribution in [0.3, 0.4) is 0 Å². The largest absolute Gasteiger partial charge is 0.497 e. The van der Waals surface area contributed by atoms with Crippen molar-refractivity contribution in [2.24, 2.45) is 0 Å². The molecule has 0 amide bonds. The standard InChI is InChI=1S/C19H30N2O2/c1-23-17-6-4-5-15(13-17)14-20-16-9-11-21(12-10-16)18-7-2-3-8-19(18)22/h4-6,13,16,18-20,22H,2-3,7-12,14H2,1H3. The normalized spacial score (nSPS) is 27.0. The molecule has 1 aromatic carbocycles. The van der Waals surface area contributed by atoms with E-state index in [1.807, 2.05) is 12.1 Å². The van der Waals surface area contributed by atoms with Gasteiger partial charge in [0, 0.05) is 31.7 Å². The van der Waals surface area contributed by atoms with Gasteiger partial charge < -0.3 is 15.2 Å². The SMILES string of the molecule is COc1cccc(CNC2CCN(C3CCCCC3O)CC2)c1. The maximum atomic E-state index is 10.2. The summed E-state index contributed by atoms with van der Waals surface area (Å²) in [5.41, 5.74) is 1.27. The van der Waals surface area contributed by atoms with E-state index in [1.165, 1.54) is 37.7 Å². The summed E-state index contributed by atoms with van der Waals surface area (Å²) >= 11 is 0. The molecule has 0 aromatic heterocycles. The van der Waals surface area contributed by atoms with Gasteiger partial charge in [-0.2, -0.15) is 0 Å². The minimum Gasteiger partial charge on any atom is -0.497 e. The van der Waals surface area contributed by atoms with Crippen molar-refractivity contribution < 1.29 is 9.84 Å². The maximum Gasteiger partial charge on any atom is 0.119 e. The molecule has 0 radical (unpaired) electrons. The van der Waals surface area contributed by atoms with Gasteiger partial charge in [0.2, 0.25) is 0 Å². The Morgan fingerprint density at radius 1 is 1.17 bits per heavy atom. The zero-order valence-electron chi connectivity index (χ0n) is 14.2. The lowest BCUT2D eigenvalue weighted by atomic mass is 9.89. The van der Waals surface area contributed by atoms with Gasteiger partial charge >= 0.3 is 0 Å². The number of aliphatic hydroxyl groups excluding tert-OH is 1. The number of piperidine rings is 1. The van der Waals surface area contributed by atoms with Crippen LogP contribution in [0.2, 0.25) is 0 Å². The Labute approximate surface area is 139 Å². The summed E-state index contributed by atoms with van der Waals surface area (Å²) in [6.45, 7) is 3.11. The highest BCUT2D eigenvalue weighted by atomic mass is 16.5. The number of nitrogens with zero attached hydrogens (tertiary/aromatic N) is 1. The molecule has 2 aliphatic rings. The third kappa shape index (κ3) is 4.46. The fourth-order valence-electron chi connectivity index (χ4n) is 4.00. The molecular weight excluding hydrogens is 288 g/mol. The summed E-state index contributed by atoms with van der Waals surface area (Å²) in [4.78, 5) is 2.52. The molecule has 128 valence electrons. The van der Waals surface area contributed by atoms with Crippen molar-refractivity contribution in [3.8, 4) is 5.75 Å². The van der Waals surface area contributed by atoms with Crippen LogP contribution in [0.25, 0.3) is 0 Å². The van der Waals surface area contributed by atoms with Crippen molar-refractivity contribution >= 4 is 0 Å². The first-order valence-electron chi connectivity index (χ1n) is 9.04. The van der Waals surface area contributed by atoms with E-state index in [0.717, 1.165) is 31.8 Å². The third-order valence-corrected chi connectivity index (χ3v) is 5.42. The average Bonchev–Trinajstić information content (AvgIpc) is 2.61. The molecule has 4 heteroatoms. The Balaban J connectivity index is 1.43. The van der Waals surface area contributed by atoms with Crippen LogP contribution in [0.4, 0.5) is 0 Å². The Morgan fingerprint density at radius 3 is 2.70 bits per heavy atom. The van der Waals surface area contributed by atoms with Crippen LogP contribution in [-0.4, -0.2) is 48.4 Å². The Kier molecular flexibility index (Phi) is 5.92. The molecule has 1 aromatic rings.